The van der Waals surface area contributed by atoms with Gasteiger partial charge in [-0.3, -0.25) is 0 Å². The van der Waals surface area contributed by atoms with E-state index in [0.29, 0.717) is 22.2 Å². The number of benzene rings is 1. The number of nitrogens with one attached hydrogen (secondary N) is 1. The first-order chi connectivity index (χ1) is 9.97. The maximum Gasteiger partial charge on any atom is 0.140 e. The van der Waals surface area contributed by atoms with Crippen molar-refractivity contribution in [2.24, 2.45) is 0 Å². The number of hydrogen-bond acceptors (Lipinski definition) is 3. The van der Waals surface area contributed by atoms with Crippen LogP contribution in [-0.4, -0.2) is 11.0 Å². The fraction of sp³-hybridized carbons (Fsp3) is 0.267. The van der Waals surface area contributed by atoms with Crippen molar-refractivity contribution in [1.82, 2.24) is 10.3 Å². The van der Waals surface area contributed by atoms with Crippen molar-refractivity contribution in [3.05, 3.63) is 52.7 Å². The smallest absolute Gasteiger partial charge is 0.140 e. The van der Waals surface area contributed by atoms with Crippen LogP contribution in [0.1, 0.15) is 19.4 Å². The third kappa shape index (κ3) is 4.40. The van der Waals surface area contributed by atoms with E-state index in [-0.39, 0.29) is 10.9 Å². The summed E-state index contributed by atoms with van der Waals surface area (Å²) >= 11 is 6.84. The molecule has 112 valence electrons. The van der Waals surface area contributed by atoms with Crippen LogP contribution in [0.25, 0.3) is 0 Å². The second kappa shape index (κ2) is 7.20. The summed E-state index contributed by atoms with van der Waals surface area (Å²) in [6, 6.07) is 6.21. The molecule has 0 spiro atoms. The fourth-order valence-corrected chi connectivity index (χ4v) is 2.70. The molecule has 1 heterocycles. The van der Waals surface area contributed by atoms with Crippen LogP contribution in [0.15, 0.2) is 40.4 Å². The molecule has 0 unspecified atom stereocenters. The Morgan fingerprint density at radius 3 is 2.52 bits per heavy atom. The summed E-state index contributed by atoms with van der Waals surface area (Å²) < 4.78 is 28.2. The molecule has 2 nitrogen and oxygen atoms in total. The lowest BCUT2D eigenvalue weighted by Crippen LogP contribution is -2.22. The third-order valence-corrected chi connectivity index (χ3v) is 4.23. The van der Waals surface area contributed by atoms with E-state index in [4.69, 9.17) is 11.6 Å². The van der Waals surface area contributed by atoms with E-state index in [1.165, 1.54) is 18.3 Å². The molecule has 0 aliphatic rings. The molecule has 0 radical (unpaired) electrons. The molecule has 0 aliphatic carbocycles. The molecular weight excluding hydrogens is 314 g/mol. The topological polar surface area (TPSA) is 24.9 Å². The lowest BCUT2D eigenvalue weighted by Gasteiger charge is -2.11. The van der Waals surface area contributed by atoms with Crippen LogP contribution < -0.4 is 5.32 Å². The van der Waals surface area contributed by atoms with Crippen molar-refractivity contribution >= 4 is 23.4 Å². The molecular formula is C15H15ClF2N2S. The predicted molar refractivity (Wildman–Crippen MR) is 81.7 cm³/mol. The van der Waals surface area contributed by atoms with Crippen molar-refractivity contribution in [3.63, 3.8) is 0 Å². The SMILES string of the molecule is CC(C)NCc1cc(F)c(Sc2ncccc2Cl)c(F)c1. The summed E-state index contributed by atoms with van der Waals surface area (Å²) in [5.74, 6) is -1.22. The number of aromatic nitrogens is 1. The minimum Gasteiger partial charge on any atom is -0.310 e. The summed E-state index contributed by atoms with van der Waals surface area (Å²) in [6.45, 7) is 4.36. The molecule has 0 atom stereocenters. The standard InChI is InChI=1S/C15H15ClF2N2S/c1-9(2)20-8-10-6-12(17)14(13(18)7-10)21-15-11(16)4-3-5-19-15/h3-7,9,20H,8H2,1-2H3. The number of pyridine rings is 1. The molecule has 0 saturated heterocycles. The van der Waals surface area contributed by atoms with Gasteiger partial charge in [-0.1, -0.05) is 37.2 Å². The summed E-state index contributed by atoms with van der Waals surface area (Å²) in [5, 5.41) is 3.87. The lowest BCUT2D eigenvalue weighted by atomic mass is 10.2. The third-order valence-electron chi connectivity index (χ3n) is 2.70. The first-order valence-electron chi connectivity index (χ1n) is 6.47. The van der Waals surface area contributed by atoms with Gasteiger partial charge in [0.1, 0.15) is 16.7 Å². The van der Waals surface area contributed by atoms with Crippen molar-refractivity contribution in [2.45, 2.75) is 36.4 Å². The monoisotopic (exact) mass is 328 g/mol. The van der Waals surface area contributed by atoms with Gasteiger partial charge in [0.2, 0.25) is 0 Å². The Bertz CT molecular complexity index is 612. The molecule has 21 heavy (non-hydrogen) atoms. The highest BCUT2D eigenvalue weighted by Gasteiger charge is 2.15. The zero-order chi connectivity index (χ0) is 15.4. The van der Waals surface area contributed by atoms with Crippen LogP contribution in [-0.2, 0) is 6.54 Å². The van der Waals surface area contributed by atoms with E-state index < -0.39 is 11.6 Å². The van der Waals surface area contributed by atoms with Crippen molar-refractivity contribution < 1.29 is 8.78 Å². The fourth-order valence-electron chi connectivity index (χ4n) is 1.68. The van der Waals surface area contributed by atoms with Crippen molar-refractivity contribution in [2.75, 3.05) is 0 Å². The Morgan fingerprint density at radius 1 is 1.29 bits per heavy atom. The normalized spacial score (nSPS) is 11.1. The number of rotatable bonds is 5. The highest BCUT2D eigenvalue weighted by Crippen LogP contribution is 2.35. The highest BCUT2D eigenvalue weighted by atomic mass is 35.5. The first-order valence-corrected chi connectivity index (χ1v) is 7.66. The molecule has 0 saturated carbocycles. The minimum atomic E-state index is -0.609. The summed E-state index contributed by atoms with van der Waals surface area (Å²) in [5.41, 5.74) is 0.565. The molecule has 2 rings (SSSR count). The van der Waals surface area contributed by atoms with Gasteiger partial charge >= 0.3 is 0 Å². The van der Waals surface area contributed by atoms with Gasteiger partial charge in [-0.2, -0.15) is 0 Å². The van der Waals surface area contributed by atoms with E-state index in [2.05, 4.69) is 10.3 Å². The minimum absolute atomic E-state index is 0.0936. The maximum absolute atomic E-state index is 14.1. The second-order valence-corrected chi connectivity index (χ2v) is 6.22. The Kier molecular flexibility index (Phi) is 5.56. The molecule has 6 heteroatoms. The van der Waals surface area contributed by atoms with Crippen LogP contribution in [0.5, 0.6) is 0 Å². The van der Waals surface area contributed by atoms with Gasteiger partial charge in [-0.25, -0.2) is 13.8 Å². The lowest BCUT2D eigenvalue weighted by molar-refractivity contribution is 0.529. The maximum atomic E-state index is 14.1. The Hall–Kier alpha value is -1.17. The van der Waals surface area contributed by atoms with Gasteiger partial charge in [0.15, 0.2) is 0 Å². The van der Waals surface area contributed by atoms with E-state index in [0.717, 1.165) is 11.8 Å². The van der Waals surface area contributed by atoms with Gasteiger partial charge < -0.3 is 5.32 Å². The van der Waals surface area contributed by atoms with E-state index >= 15 is 0 Å². The molecule has 0 bridgehead atoms. The van der Waals surface area contributed by atoms with E-state index in [1.807, 2.05) is 13.8 Å². The van der Waals surface area contributed by atoms with Crippen LogP contribution in [0.2, 0.25) is 5.02 Å². The predicted octanol–water partition coefficient (Wildman–Crippen LogP) is 4.66. The molecule has 0 aliphatic heterocycles. The van der Waals surface area contributed by atoms with Crippen molar-refractivity contribution in [3.8, 4) is 0 Å². The zero-order valence-electron chi connectivity index (χ0n) is 11.7. The number of nitrogens with zero attached hydrogens (tertiary/aromatic N) is 1. The summed E-state index contributed by atoms with van der Waals surface area (Å²) in [7, 11) is 0. The Morgan fingerprint density at radius 2 is 1.95 bits per heavy atom. The largest absolute Gasteiger partial charge is 0.310 e. The molecule has 0 amide bonds. The van der Waals surface area contributed by atoms with Gasteiger partial charge in [-0.05, 0) is 29.8 Å². The van der Waals surface area contributed by atoms with Gasteiger partial charge in [0, 0.05) is 18.8 Å². The first kappa shape index (κ1) is 16.2. The zero-order valence-corrected chi connectivity index (χ0v) is 13.2. The second-order valence-electron chi connectivity index (χ2n) is 4.82. The molecule has 1 aromatic heterocycles. The number of halogens is 3. The Balaban J connectivity index is 2.23. The van der Waals surface area contributed by atoms with Gasteiger partial charge in [0.25, 0.3) is 0 Å². The van der Waals surface area contributed by atoms with Gasteiger partial charge in [0.05, 0.1) is 9.92 Å². The highest BCUT2D eigenvalue weighted by molar-refractivity contribution is 7.99. The van der Waals surface area contributed by atoms with Gasteiger partial charge in [-0.15, -0.1) is 0 Å². The molecule has 2 aromatic rings. The van der Waals surface area contributed by atoms with Crippen LogP contribution in [0, 0.1) is 11.6 Å². The van der Waals surface area contributed by atoms with Crippen molar-refractivity contribution in [1.29, 1.82) is 0 Å². The van der Waals surface area contributed by atoms with E-state index in [9.17, 15) is 8.78 Å². The molecule has 1 N–H and O–H groups in total. The van der Waals surface area contributed by atoms with E-state index in [1.54, 1.807) is 12.1 Å². The molecule has 1 aromatic carbocycles. The summed E-state index contributed by atoms with van der Waals surface area (Å²) in [6.07, 6.45) is 1.53. The molecule has 0 fully saturated rings. The van der Waals surface area contributed by atoms with Crippen LogP contribution in [0.4, 0.5) is 8.78 Å². The average molecular weight is 329 g/mol. The van der Waals surface area contributed by atoms with Crippen LogP contribution in [0.3, 0.4) is 0 Å². The average Bonchev–Trinajstić information content (AvgIpc) is 2.42. The summed E-state index contributed by atoms with van der Waals surface area (Å²) in [4.78, 5) is 3.93. The Labute approximate surface area is 131 Å². The van der Waals surface area contributed by atoms with Crippen LogP contribution >= 0.6 is 23.4 Å². The number of hydrogen-bond donors (Lipinski definition) is 1. The quantitative estimate of drug-likeness (QED) is 0.864.